The minimum absolute atomic E-state index is 0.154. The van der Waals surface area contributed by atoms with Gasteiger partial charge in [-0.2, -0.15) is 13.2 Å². The summed E-state index contributed by atoms with van der Waals surface area (Å²) >= 11 is 0. The van der Waals surface area contributed by atoms with Crippen molar-refractivity contribution in [2.75, 3.05) is 0 Å². The monoisotopic (exact) mass is 447 g/mol. The average Bonchev–Trinajstić information content (AvgIpc) is 2.83. The summed E-state index contributed by atoms with van der Waals surface area (Å²) in [5.74, 6) is -1.69. The number of aromatic nitrogens is 1. The third kappa shape index (κ3) is 4.15. The van der Waals surface area contributed by atoms with Gasteiger partial charge < -0.3 is 0 Å². The molecule has 6 rings (SSSR count). The SMILES string of the molecule is Fc1ccc2c(ccc3c4c(ccc32)C(C(F)(F)F)CCC4)c1.c1ccc2cnccc2c1. The van der Waals surface area contributed by atoms with E-state index in [1.165, 1.54) is 22.9 Å². The van der Waals surface area contributed by atoms with Crippen molar-refractivity contribution < 1.29 is 17.6 Å². The van der Waals surface area contributed by atoms with Gasteiger partial charge in [0.15, 0.2) is 0 Å². The molecule has 0 aliphatic heterocycles. The number of nitrogens with zero attached hydrogens (tertiary/aromatic N) is 1. The maximum absolute atomic E-state index is 13.4. The molecule has 5 aromatic rings. The van der Waals surface area contributed by atoms with Gasteiger partial charge in [0.1, 0.15) is 5.82 Å². The molecule has 0 spiro atoms. The minimum Gasteiger partial charge on any atom is -0.264 e. The molecule has 166 valence electrons. The Balaban J connectivity index is 0.000000190. The van der Waals surface area contributed by atoms with Crippen molar-refractivity contribution in [3.05, 3.63) is 102 Å². The normalized spacial score (nSPS) is 15.8. The van der Waals surface area contributed by atoms with Crippen LogP contribution in [0.4, 0.5) is 17.6 Å². The molecule has 5 heteroatoms. The molecule has 1 aliphatic carbocycles. The zero-order valence-corrected chi connectivity index (χ0v) is 17.7. The Kier molecular flexibility index (Phi) is 5.49. The standard InChI is InChI=1S/C19H14F4.C9H7N/c20-12-5-7-13-11(10-12)4-6-16-14-2-1-3-18(19(21,22)23)17(14)9-8-15(13)16;1-2-4-9-7-10-6-5-8(9)3-1/h4-10,18H,1-3H2;1-7H. The first-order chi connectivity index (χ1) is 15.9. The smallest absolute Gasteiger partial charge is 0.264 e. The Hall–Kier alpha value is -3.47. The van der Waals surface area contributed by atoms with Gasteiger partial charge in [-0.25, -0.2) is 4.39 Å². The van der Waals surface area contributed by atoms with Crippen molar-refractivity contribution in [1.29, 1.82) is 0 Å². The van der Waals surface area contributed by atoms with E-state index in [0.29, 0.717) is 18.4 Å². The van der Waals surface area contributed by atoms with E-state index in [-0.39, 0.29) is 12.2 Å². The summed E-state index contributed by atoms with van der Waals surface area (Å²) in [4.78, 5) is 4.01. The van der Waals surface area contributed by atoms with Crippen LogP contribution >= 0.6 is 0 Å². The van der Waals surface area contributed by atoms with Crippen LogP contribution in [0.25, 0.3) is 32.3 Å². The number of alkyl halides is 3. The van der Waals surface area contributed by atoms with E-state index in [4.69, 9.17) is 0 Å². The molecular weight excluding hydrogens is 426 g/mol. The van der Waals surface area contributed by atoms with Crippen LogP contribution in [-0.2, 0) is 6.42 Å². The van der Waals surface area contributed by atoms with Gasteiger partial charge >= 0.3 is 6.18 Å². The van der Waals surface area contributed by atoms with Crippen LogP contribution in [-0.4, -0.2) is 11.2 Å². The third-order valence-corrected chi connectivity index (χ3v) is 6.37. The van der Waals surface area contributed by atoms with E-state index >= 15 is 0 Å². The van der Waals surface area contributed by atoms with Gasteiger partial charge in [0.25, 0.3) is 0 Å². The van der Waals surface area contributed by atoms with E-state index in [1.54, 1.807) is 24.3 Å². The van der Waals surface area contributed by atoms with Crippen LogP contribution in [0.1, 0.15) is 29.9 Å². The van der Waals surface area contributed by atoms with Crippen molar-refractivity contribution in [2.45, 2.75) is 31.4 Å². The Morgan fingerprint density at radius 1 is 0.758 bits per heavy atom. The van der Waals surface area contributed by atoms with E-state index in [9.17, 15) is 17.6 Å². The fourth-order valence-corrected chi connectivity index (χ4v) is 4.81. The highest BCUT2D eigenvalue weighted by atomic mass is 19.4. The maximum atomic E-state index is 13.4. The predicted octanol–water partition coefficient (Wildman–Crippen LogP) is 8.35. The van der Waals surface area contributed by atoms with Crippen LogP contribution in [0.5, 0.6) is 0 Å². The summed E-state index contributed by atoms with van der Waals surface area (Å²) in [6, 6.07) is 21.7. The van der Waals surface area contributed by atoms with Crippen molar-refractivity contribution in [3.63, 3.8) is 0 Å². The first-order valence-electron chi connectivity index (χ1n) is 10.9. The topological polar surface area (TPSA) is 12.9 Å². The molecule has 0 amide bonds. The molecule has 1 aromatic heterocycles. The van der Waals surface area contributed by atoms with Gasteiger partial charge in [0.05, 0.1) is 5.92 Å². The van der Waals surface area contributed by atoms with E-state index < -0.39 is 12.1 Å². The van der Waals surface area contributed by atoms with Crippen LogP contribution in [0, 0.1) is 5.82 Å². The van der Waals surface area contributed by atoms with Crippen LogP contribution in [0.3, 0.4) is 0 Å². The Morgan fingerprint density at radius 3 is 2.30 bits per heavy atom. The lowest BCUT2D eigenvalue weighted by Crippen LogP contribution is -2.25. The third-order valence-electron chi connectivity index (χ3n) is 6.37. The molecule has 0 fully saturated rings. The molecular formula is C28H21F4N. The molecule has 0 radical (unpaired) electrons. The molecule has 1 nitrogen and oxygen atoms in total. The van der Waals surface area contributed by atoms with E-state index in [1.807, 2.05) is 36.7 Å². The second-order valence-corrected chi connectivity index (χ2v) is 8.37. The summed E-state index contributed by atoms with van der Waals surface area (Å²) in [6.07, 6.45) is 0.824. The first kappa shape index (κ1) is 21.4. The Labute approximate surface area is 188 Å². The molecule has 33 heavy (non-hydrogen) atoms. The number of aryl methyl sites for hydroxylation is 1. The number of benzene rings is 4. The summed E-state index contributed by atoms with van der Waals surface area (Å²) in [7, 11) is 0. The van der Waals surface area contributed by atoms with Gasteiger partial charge in [0.2, 0.25) is 0 Å². The van der Waals surface area contributed by atoms with Crippen molar-refractivity contribution in [3.8, 4) is 0 Å². The van der Waals surface area contributed by atoms with Crippen LogP contribution in [0.2, 0.25) is 0 Å². The highest BCUT2D eigenvalue weighted by molar-refractivity contribution is 6.08. The average molecular weight is 447 g/mol. The van der Waals surface area contributed by atoms with Crippen LogP contribution in [0.15, 0.2) is 85.2 Å². The van der Waals surface area contributed by atoms with Gasteiger partial charge in [0, 0.05) is 12.4 Å². The summed E-state index contributed by atoms with van der Waals surface area (Å²) in [6.45, 7) is 0. The largest absolute Gasteiger partial charge is 0.395 e. The zero-order valence-electron chi connectivity index (χ0n) is 17.7. The van der Waals surface area contributed by atoms with E-state index in [0.717, 1.165) is 27.1 Å². The second-order valence-electron chi connectivity index (χ2n) is 8.37. The van der Waals surface area contributed by atoms with Crippen molar-refractivity contribution in [2.24, 2.45) is 0 Å². The molecule has 0 bridgehead atoms. The molecule has 1 atom stereocenters. The number of hydrogen-bond donors (Lipinski definition) is 0. The lowest BCUT2D eigenvalue weighted by atomic mass is 9.79. The quantitative estimate of drug-likeness (QED) is 0.172. The highest BCUT2D eigenvalue weighted by Crippen LogP contribution is 2.45. The summed E-state index contributed by atoms with van der Waals surface area (Å²) in [5.41, 5.74) is 1.19. The lowest BCUT2D eigenvalue weighted by Gasteiger charge is -2.28. The number of fused-ring (bicyclic) bond motifs is 6. The molecule has 0 N–H and O–H groups in total. The van der Waals surface area contributed by atoms with E-state index in [2.05, 4.69) is 17.1 Å². The molecule has 0 saturated heterocycles. The first-order valence-corrected chi connectivity index (χ1v) is 10.9. The molecule has 4 aromatic carbocycles. The minimum atomic E-state index is -4.21. The number of halogens is 4. The summed E-state index contributed by atoms with van der Waals surface area (Å²) in [5, 5.41) is 5.84. The summed E-state index contributed by atoms with van der Waals surface area (Å²) < 4.78 is 53.2. The Bertz CT molecular complexity index is 1390. The number of rotatable bonds is 0. The highest BCUT2D eigenvalue weighted by Gasteiger charge is 2.42. The Morgan fingerprint density at radius 2 is 1.52 bits per heavy atom. The van der Waals surface area contributed by atoms with Gasteiger partial charge in [-0.3, -0.25) is 4.98 Å². The molecule has 1 heterocycles. The lowest BCUT2D eigenvalue weighted by molar-refractivity contribution is -0.153. The van der Waals surface area contributed by atoms with Gasteiger partial charge in [-0.15, -0.1) is 0 Å². The number of hydrogen-bond acceptors (Lipinski definition) is 1. The van der Waals surface area contributed by atoms with Gasteiger partial charge in [-0.05, 0) is 80.9 Å². The van der Waals surface area contributed by atoms with Crippen molar-refractivity contribution in [1.82, 2.24) is 4.98 Å². The van der Waals surface area contributed by atoms with Crippen LogP contribution < -0.4 is 0 Å². The molecule has 1 unspecified atom stereocenters. The second kappa shape index (κ2) is 8.47. The fraction of sp³-hybridized carbons (Fsp3) is 0.179. The molecule has 1 aliphatic rings. The van der Waals surface area contributed by atoms with Gasteiger partial charge in [-0.1, -0.05) is 54.6 Å². The maximum Gasteiger partial charge on any atom is 0.395 e. The predicted molar refractivity (Wildman–Crippen MR) is 125 cm³/mol. The zero-order chi connectivity index (χ0) is 23.0. The van der Waals surface area contributed by atoms with Crippen molar-refractivity contribution >= 4 is 32.3 Å². The number of pyridine rings is 1. The molecule has 0 saturated carbocycles. The fourth-order valence-electron chi connectivity index (χ4n) is 4.81.